The number of methoxy groups -OCH3 is 1. The third-order valence-electron chi connectivity index (χ3n) is 3.72. The van der Waals surface area contributed by atoms with Crippen LogP contribution >= 0.6 is 0 Å². The van der Waals surface area contributed by atoms with E-state index in [1.54, 1.807) is 0 Å². The van der Waals surface area contributed by atoms with E-state index in [1.165, 1.54) is 32.6 Å². The molecule has 1 aromatic carbocycles. The Labute approximate surface area is 151 Å². The first-order valence-corrected chi connectivity index (χ1v) is 7.66. The maximum absolute atomic E-state index is 14.3. The zero-order valence-electron chi connectivity index (χ0n) is 14.2. The summed E-state index contributed by atoms with van der Waals surface area (Å²) in [5.74, 6) is -1.81. The number of hydrogen-bond acceptors (Lipinski definition) is 5. The molecule has 2 aromatic heterocycles. The molecule has 0 bridgehead atoms. The predicted molar refractivity (Wildman–Crippen MR) is 87.9 cm³/mol. The molecule has 3 rings (SSSR count). The van der Waals surface area contributed by atoms with Crippen molar-refractivity contribution in [3.8, 4) is 28.5 Å². The third-order valence-corrected chi connectivity index (χ3v) is 3.72. The fraction of sp³-hybridized carbons (Fsp3) is 0.167. The van der Waals surface area contributed by atoms with Gasteiger partial charge in [0, 0.05) is 17.8 Å². The van der Waals surface area contributed by atoms with Gasteiger partial charge in [-0.3, -0.25) is 4.98 Å². The molecule has 2 heterocycles. The van der Waals surface area contributed by atoms with Crippen LogP contribution in [-0.2, 0) is 0 Å². The van der Waals surface area contributed by atoms with Crippen molar-refractivity contribution in [2.24, 2.45) is 0 Å². The van der Waals surface area contributed by atoms with Crippen LogP contribution in [0.3, 0.4) is 0 Å². The molecule has 0 aliphatic heterocycles. The molecule has 0 saturated carbocycles. The van der Waals surface area contributed by atoms with E-state index in [-0.39, 0.29) is 39.8 Å². The summed E-state index contributed by atoms with van der Waals surface area (Å²) in [6, 6.07) is 3.19. The van der Waals surface area contributed by atoms with Crippen LogP contribution in [0, 0.1) is 18.6 Å². The van der Waals surface area contributed by atoms with Gasteiger partial charge in [0.2, 0.25) is 5.88 Å². The highest BCUT2D eigenvalue weighted by atomic mass is 19.3. The second-order valence-corrected chi connectivity index (χ2v) is 5.48. The van der Waals surface area contributed by atoms with Crippen LogP contribution < -0.4 is 9.47 Å². The summed E-state index contributed by atoms with van der Waals surface area (Å²) in [6.45, 7) is 1.47. The standard InChI is InChI=1S/C18H13F4N3O2/c1-9-3-10(6-24-16(9)17(21)22)27-18-12(7-23-8-25-18)11-4-15(26-2)14(20)5-13(11)19/h3-8,17H,1-2H3. The summed E-state index contributed by atoms with van der Waals surface area (Å²) >= 11 is 0. The van der Waals surface area contributed by atoms with E-state index in [2.05, 4.69) is 15.0 Å². The summed E-state index contributed by atoms with van der Waals surface area (Å²) in [5, 5.41) is 0. The Morgan fingerprint density at radius 2 is 1.74 bits per heavy atom. The van der Waals surface area contributed by atoms with Crippen LogP contribution in [0.1, 0.15) is 17.7 Å². The summed E-state index contributed by atoms with van der Waals surface area (Å²) in [4.78, 5) is 11.4. The SMILES string of the molecule is COc1cc(-c2cncnc2Oc2cnc(C(F)F)c(C)c2)c(F)cc1F. The highest BCUT2D eigenvalue weighted by molar-refractivity contribution is 5.70. The lowest BCUT2D eigenvalue weighted by molar-refractivity contribution is 0.145. The fourth-order valence-electron chi connectivity index (χ4n) is 2.43. The highest BCUT2D eigenvalue weighted by Crippen LogP contribution is 2.35. The molecule has 0 saturated heterocycles. The number of halogens is 4. The van der Waals surface area contributed by atoms with E-state index in [0.29, 0.717) is 6.07 Å². The molecule has 140 valence electrons. The van der Waals surface area contributed by atoms with Crippen molar-refractivity contribution in [2.75, 3.05) is 7.11 Å². The van der Waals surface area contributed by atoms with E-state index in [4.69, 9.17) is 9.47 Å². The summed E-state index contributed by atoms with van der Waals surface area (Å²) in [6.07, 6.45) is 0.855. The molecule has 0 radical (unpaired) electrons. The zero-order chi connectivity index (χ0) is 19.6. The van der Waals surface area contributed by atoms with E-state index < -0.39 is 18.1 Å². The first kappa shape index (κ1) is 18.6. The second kappa shape index (κ2) is 7.56. The van der Waals surface area contributed by atoms with E-state index in [9.17, 15) is 17.6 Å². The topological polar surface area (TPSA) is 57.1 Å². The van der Waals surface area contributed by atoms with Gasteiger partial charge in [0.25, 0.3) is 6.43 Å². The number of aromatic nitrogens is 3. The van der Waals surface area contributed by atoms with E-state index in [1.807, 2.05) is 0 Å². The maximum atomic E-state index is 14.3. The van der Waals surface area contributed by atoms with Crippen LogP contribution in [0.4, 0.5) is 17.6 Å². The summed E-state index contributed by atoms with van der Waals surface area (Å²) in [5.41, 5.74) is -0.0473. The minimum Gasteiger partial charge on any atom is -0.494 e. The highest BCUT2D eigenvalue weighted by Gasteiger charge is 2.18. The molecule has 0 fully saturated rings. The van der Waals surface area contributed by atoms with Crippen molar-refractivity contribution in [3.63, 3.8) is 0 Å². The normalized spacial score (nSPS) is 10.9. The van der Waals surface area contributed by atoms with Gasteiger partial charge in [-0.25, -0.2) is 27.5 Å². The monoisotopic (exact) mass is 379 g/mol. The smallest absolute Gasteiger partial charge is 0.280 e. The lowest BCUT2D eigenvalue weighted by Crippen LogP contribution is -1.99. The molecule has 0 aliphatic rings. The predicted octanol–water partition coefficient (Wildman–Crippen LogP) is 4.86. The minimum atomic E-state index is -2.71. The molecule has 27 heavy (non-hydrogen) atoms. The number of aryl methyl sites for hydroxylation is 1. The van der Waals surface area contributed by atoms with Crippen molar-refractivity contribution in [3.05, 3.63) is 59.8 Å². The Bertz CT molecular complexity index is 983. The molecule has 0 atom stereocenters. The van der Waals surface area contributed by atoms with Crippen LogP contribution in [0.25, 0.3) is 11.1 Å². The zero-order valence-corrected chi connectivity index (χ0v) is 14.2. The third kappa shape index (κ3) is 3.81. The number of pyridine rings is 1. The van der Waals surface area contributed by atoms with Crippen LogP contribution in [0.2, 0.25) is 0 Å². The number of ether oxygens (including phenoxy) is 2. The first-order valence-electron chi connectivity index (χ1n) is 7.66. The second-order valence-electron chi connectivity index (χ2n) is 5.48. The van der Waals surface area contributed by atoms with Gasteiger partial charge in [-0.1, -0.05) is 0 Å². The molecular weight excluding hydrogens is 366 g/mol. The van der Waals surface area contributed by atoms with Gasteiger partial charge < -0.3 is 9.47 Å². The molecule has 0 aliphatic carbocycles. The Balaban J connectivity index is 2.02. The lowest BCUT2D eigenvalue weighted by Gasteiger charge is -2.12. The Morgan fingerprint density at radius 3 is 2.41 bits per heavy atom. The van der Waals surface area contributed by atoms with Crippen molar-refractivity contribution in [2.45, 2.75) is 13.3 Å². The number of alkyl halides is 2. The first-order chi connectivity index (χ1) is 12.9. The molecule has 3 aromatic rings. The van der Waals surface area contributed by atoms with Crippen molar-refractivity contribution in [1.82, 2.24) is 15.0 Å². The summed E-state index contributed by atoms with van der Waals surface area (Å²) < 4.78 is 64.0. The van der Waals surface area contributed by atoms with Gasteiger partial charge in [-0.05, 0) is 24.6 Å². The minimum absolute atomic E-state index is 0.0438. The Kier molecular flexibility index (Phi) is 5.20. The number of hydrogen-bond donors (Lipinski definition) is 0. The molecule has 0 amide bonds. The van der Waals surface area contributed by atoms with Crippen LogP contribution in [0.5, 0.6) is 17.4 Å². The maximum Gasteiger partial charge on any atom is 0.280 e. The largest absolute Gasteiger partial charge is 0.494 e. The Hall–Kier alpha value is -3.23. The van der Waals surface area contributed by atoms with Gasteiger partial charge in [0.15, 0.2) is 11.6 Å². The van der Waals surface area contributed by atoms with Gasteiger partial charge >= 0.3 is 0 Å². The lowest BCUT2D eigenvalue weighted by atomic mass is 10.1. The number of rotatable bonds is 5. The average molecular weight is 379 g/mol. The molecule has 0 unspecified atom stereocenters. The van der Waals surface area contributed by atoms with Crippen molar-refractivity contribution >= 4 is 0 Å². The van der Waals surface area contributed by atoms with Gasteiger partial charge in [0.05, 0.1) is 18.9 Å². The van der Waals surface area contributed by atoms with E-state index in [0.717, 1.165) is 12.3 Å². The molecule has 0 N–H and O–H groups in total. The quantitative estimate of drug-likeness (QED) is 0.593. The molecule has 9 heteroatoms. The van der Waals surface area contributed by atoms with Crippen LogP contribution in [-0.4, -0.2) is 22.1 Å². The average Bonchev–Trinajstić information content (AvgIpc) is 2.62. The summed E-state index contributed by atoms with van der Waals surface area (Å²) in [7, 11) is 1.25. The molecule has 0 spiro atoms. The van der Waals surface area contributed by atoms with Gasteiger partial charge in [-0.15, -0.1) is 0 Å². The Morgan fingerprint density at radius 1 is 0.963 bits per heavy atom. The number of nitrogens with zero attached hydrogens (tertiary/aromatic N) is 3. The molecular formula is C18H13F4N3O2. The van der Waals surface area contributed by atoms with Crippen molar-refractivity contribution in [1.29, 1.82) is 0 Å². The van der Waals surface area contributed by atoms with E-state index >= 15 is 0 Å². The van der Waals surface area contributed by atoms with Gasteiger partial charge in [-0.2, -0.15) is 0 Å². The molecule has 5 nitrogen and oxygen atoms in total. The number of benzene rings is 1. The fourth-order valence-corrected chi connectivity index (χ4v) is 2.43. The van der Waals surface area contributed by atoms with Gasteiger partial charge in [0.1, 0.15) is 23.6 Å². The van der Waals surface area contributed by atoms with Crippen molar-refractivity contribution < 1.29 is 27.0 Å². The van der Waals surface area contributed by atoms with Crippen LogP contribution in [0.15, 0.2) is 36.9 Å².